The molecule has 0 aliphatic rings. The van der Waals surface area contributed by atoms with Crippen LogP contribution in [0.15, 0.2) is 0 Å². The summed E-state index contributed by atoms with van der Waals surface area (Å²) in [5, 5.41) is 10.4. The predicted molar refractivity (Wildman–Crippen MR) is 78.3 cm³/mol. The molecular weight excluding hydrogens is 399 g/mol. The average molecular weight is 411 g/mol. The zero-order valence-corrected chi connectivity index (χ0v) is 15.1. The van der Waals surface area contributed by atoms with Gasteiger partial charge >= 0.3 is 10.4 Å². The highest BCUT2D eigenvalue weighted by Gasteiger charge is 2.13. The van der Waals surface area contributed by atoms with E-state index in [9.17, 15) is 9.13 Å². The largest absolute Gasteiger partial charge is 0.396 e. The summed E-state index contributed by atoms with van der Waals surface area (Å²) in [6.07, 6.45) is 0. The van der Waals surface area contributed by atoms with Gasteiger partial charge in [0.05, 0.1) is 13.2 Å². The highest BCUT2D eigenvalue weighted by atomic mass is 36.1. The summed E-state index contributed by atoms with van der Waals surface area (Å²) in [6.45, 7) is 3.69. The molecule has 2 N–H and O–H groups in total. The van der Waals surface area contributed by atoms with Crippen LogP contribution in [0.3, 0.4) is 0 Å². The van der Waals surface area contributed by atoms with Crippen molar-refractivity contribution in [1.29, 1.82) is 0 Å². The van der Waals surface area contributed by atoms with Gasteiger partial charge in [0.1, 0.15) is 0 Å². The Morgan fingerprint density at radius 3 is 0.941 bits per heavy atom. The smallest absolute Gasteiger partial charge is 0.339 e. The van der Waals surface area contributed by atoms with Gasteiger partial charge in [0.2, 0.25) is 0 Å². The predicted octanol–water partition coefficient (Wildman–Crippen LogP) is 5.62. The third-order valence-corrected chi connectivity index (χ3v) is 0.856. The van der Waals surface area contributed by atoms with E-state index in [2.05, 4.69) is 67.4 Å². The molecular formula is C5H12Cl6O4P2. The van der Waals surface area contributed by atoms with Crippen LogP contribution in [0.2, 0.25) is 0 Å². The molecule has 17 heavy (non-hydrogen) atoms. The Kier molecular flexibility index (Phi) is 15.4. The second-order valence-corrected chi connectivity index (χ2v) is 16.6. The van der Waals surface area contributed by atoms with Crippen LogP contribution in [0, 0.1) is 5.41 Å². The number of hydrogen-bond donors (Lipinski definition) is 2. The van der Waals surface area contributed by atoms with Gasteiger partial charge in [-0.25, -0.2) is 0 Å². The zero-order chi connectivity index (χ0) is 14.9. The van der Waals surface area contributed by atoms with E-state index in [0.717, 1.165) is 0 Å². The highest BCUT2D eigenvalue weighted by molar-refractivity contribution is 8.25. The Bertz CT molecular complexity index is 231. The molecule has 0 aromatic rings. The fourth-order valence-corrected chi connectivity index (χ4v) is 0.0500. The van der Waals surface area contributed by atoms with E-state index in [1.165, 1.54) is 0 Å². The minimum atomic E-state index is -3.22. The number of hydrogen-bond acceptors (Lipinski definition) is 4. The van der Waals surface area contributed by atoms with Gasteiger partial charge in [0, 0.05) is 5.41 Å². The van der Waals surface area contributed by atoms with E-state index >= 15 is 0 Å². The molecule has 0 radical (unpaired) electrons. The van der Waals surface area contributed by atoms with Crippen LogP contribution in [-0.2, 0) is 9.13 Å². The lowest BCUT2D eigenvalue weighted by Crippen LogP contribution is -2.20. The van der Waals surface area contributed by atoms with Gasteiger partial charge in [-0.3, -0.25) is 9.13 Å². The van der Waals surface area contributed by atoms with Crippen molar-refractivity contribution in [2.75, 3.05) is 13.2 Å². The normalized spacial score (nSPS) is 11.9. The van der Waals surface area contributed by atoms with Crippen molar-refractivity contribution in [3.05, 3.63) is 0 Å². The fraction of sp³-hybridized carbons (Fsp3) is 1.00. The van der Waals surface area contributed by atoms with E-state index in [1.807, 2.05) is 0 Å². The maximum absolute atomic E-state index is 9.51. The Morgan fingerprint density at radius 1 is 0.824 bits per heavy atom. The molecule has 0 aromatic carbocycles. The molecule has 0 fully saturated rings. The first-order chi connectivity index (χ1) is 7.12. The molecule has 0 rings (SSSR count). The van der Waals surface area contributed by atoms with E-state index in [1.54, 1.807) is 13.8 Å². The van der Waals surface area contributed by atoms with E-state index in [0.29, 0.717) is 0 Å². The standard InChI is InChI=1S/C5H12O2.2Cl3OP/c1-5(2,3-6)4-7;2*1-5(2,3)4/h6-7H,3-4H2,1-2H3;;. The Labute approximate surface area is 129 Å². The van der Waals surface area contributed by atoms with E-state index < -0.39 is 10.4 Å². The van der Waals surface area contributed by atoms with Gasteiger partial charge in [-0.05, 0) is 67.4 Å². The molecule has 12 heteroatoms. The maximum Gasteiger partial charge on any atom is 0.339 e. The Morgan fingerprint density at radius 2 is 0.941 bits per heavy atom. The molecule has 0 aromatic heterocycles. The molecule has 0 saturated carbocycles. The molecule has 108 valence electrons. The van der Waals surface area contributed by atoms with Gasteiger partial charge < -0.3 is 10.2 Å². The molecule has 0 amide bonds. The summed E-state index contributed by atoms with van der Waals surface area (Å²) in [5.41, 5.74) is -0.306. The molecule has 0 aliphatic heterocycles. The average Bonchev–Trinajstić information content (AvgIpc) is 1.98. The first kappa shape index (κ1) is 24.2. The number of halogens is 6. The van der Waals surface area contributed by atoms with Crippen molar-refractivity contribution in [3.63, 3.8) is 0 Å². The monoisotopic (exact) mass is 408 g/mol. The van der Waals surface area contributed by atoms with Gasteiger partial charge in [0.15, 0.2) is 0 Å². The van der Waals surface area contributed by atoms with Crippen LogP contribution in [0.25, 0.3) is 0 Å². The summed E-state index contributed by atoms with van der Waals surface area (Å²) >= 11 is 27.7. The lowest BCUT2D eigenvalue weighted by atomic mass is 9.97. The minimum absolute atomic E-state index is 0.0451. The summed E-state index contributed by atoms with van der Waals surface area (Å²) in [4.78, 5) is 0. The molecule has 0 bridgehead atoms. The molecule has 0 aliphatic carbocycles. The van der Waals surface area contributed by atoms with Crippen LogP contribution in [0.4, 0.5) is 0 Å². The van der Waals surface area contributed by atoms with Crippen molar-refractivity contribution in [2.24, 2.45) is 5.41 Å². The molecule has 4 nitrogen and oxygen atoms in total. The third kappa shape index (κ3) is 71.4. The van der Waals surface area contributed by atoms with E-state index in [4.69, 9.17) is 10.2 Å². The van der Waals surface area contributed by atoms with Crippen LogP contribution in [0.5, 0.6) is 0 Å². The highest BCUT2D eigenvalue weighted by Crippen LogP contribution is 2.61. The summed E-state index contributed by atoms with van der Waals surface area (Å²) in [7, 11) is 0. The zero-order valence-electron chi connectivity index (χ0n) is 8.79. The molecule has 0 heterocycles. The van der Waals surface area contributed by atoms with Gasteiger partial charge in [-0.15, -0.1) is 0 Å². The summed E-state index contributed by atoms with van der Waals surface area (Å²) in [5.74, 6) is 0. The second kappa shape index (κ2) is 10.9. The molecule has 0 atom stereocenters. The SMILES string of the molecule is CC(C)(CO)CO.O=P(Cl)(Cl)Cl.O=P(Cl)(Cl)Cl. The fourth-order valence-electron chi connectivity index (χ4n) is 0.0500. The molecule has 0 spiro atoms. The van der Waals surface area contributed by atoms with Crippen LogP contribution < -0.4 is 0 Å². The maximum atomic E-state index is 9.51. The minimum Gasteiger partial charge on any atom is -0.396 e. The summed E-state index contributed by atoms with van der Waals surface area (Å²) < 4.78 is 19.0. The first-order valence-corrected chi connectivity index (χ1v) is 12.6. The quantitative estimate of drug-likeness (QED) is 0.579. The van der Waals surface area contributed by atoms with Gasteiger partial charge in [0.25, 0.3) is 0 Å². The van der Waals surface area contributed by atoms with Gasteiger partial charge in [-0.2, -0.15) is 0 Å². The number of aliphatic hydroxyl groups is 2. The third-order valence-electron chi connectivity index (χ3n) is 0.856. The second-order valence-electron chi connectivity index (χ2n) is 3.28. The van der Waals surface area contributed by atoms with Crippen molar-refractivity contribution in [3.8, 4) is 0 Å². The van der Waals surface area contributed by atoms with E-state index in [-0.39, 0.29) is 18.6 Å². The van der Waals surface area contributed by atoms with Gasteiger partial charge in [-0.1, -0.05) is 13.8 Å². The first-order valence-electron chi connectivity index (χ1n) is 3.72. The lowest BCUT2D eigenvalue weighted by Gasteiger charge is -2.16. The summed E-state index contributed by atoms with van der Waals surface area (Å²) in [6, 6.07) is 0. The van der Waals surface area contributed by atoms with Crippen LogP contribution in [0.1, 0.15) is 13.8 Å². The molecule has 0 unspecified atom stereocenters. The van der Waals surface area contributed by atoms with Crippen LogP contribution in [-0.4, -0.2) is 23.4 Å². The lowest BCUT2D eigenvalue weighted by molar-refractivity contribution is 0.0857. The van der Waals surface area contributed by atoms with Crippen molar-refractivity contribution in [2.45, 2.75) is 13.8 Å². The molecule has 0 saturated heterocycles. The number of aliphatic hydroxyl groups excluding tert-OH is 2. The van der Waals surface area contributed by atoms with Crippen molar-refractivity contribution < 1.29 is 19.3 Å². The van der Waals surface area contributed by atoms with Crippen molar-refractivity contribution in [1.82, 2.24) is 0 Å². The topological polar surface area (TPSA) is 74.6 Å². The number of rotatable bonds is 2. The Hall–Kier alpha value is 2.12. The van der Waals surface area contributed by atoms with Crippen molar-refractivity contribution >= 4 is 77.8 Å². The Balaban J connectivity index is -0.000000177. The van der Waals surface area contributed by atoms with Crippen LogP contribution >= 0.6 is 77.8 Å².